The number of hydrogen-bond acceptors (Lipinski definition) is 4. The number of hydrogen-bond donors (Lipinski definition) is 3. The predicted molar refractivity (Wildman–Crippen MR) is 121 cm³/mol. The minimum absolute atomic E-state index is 0.0145. The van der Waals surface area contributed by atoms with E-state index in [2.05, 4.69) is 5.32 Å². The SMILES string of the molecule is CC(C)c1cc(Cl)cc(C(C)C)c1NC(=O)NS(=O)(=O)c1cc(F)cc(C(C)(C)O)c1. The molecule has 2 aromatic carbocycles. The lowest BCUT2D eigenvalue weighted by molar-refractivity contribution is 0.0780. The van der Waals surface area contributed by atoms with Gasteiger partial charge >= 0.3 is 6.03 Å². The van der Waals surface area contributed by atoms with Gasteiger partial charge in [-0.15, -0.1) is 0 Å². The van der Waals surface area contributed by atoms with Crippen LogP contribution >= 0.6 is 11.6 Å². The number of carbonyl (C=O) groups excluding carboxylic acids is 1. The summed E-state index contributed by atoms with van der Waals surface area (Å²) in [4.78, 5) is 12.2. The molecule has 0 aromatic heterocycles. The molecular formula is C22H28ClFN2O4S. The number of halogens is 2. The lowest BCUT2D eigenvalue weighted by Crippen LogP contribution is -2.35. The van der Waals surface area contributed by atoms with Crippen LogP contribution in [0, 0.1) is 5.82 Å². The second kappa shape index (κ2) is 9.14. The molecule has 0 saturated heterocycles. The summed E-state index contributed by atoms with van der Waals surface area (Å²) in [5.41, 5.74) is 0.613. The van der Waals surface area contributed by atoms with Gasteiger partial charge in [0.25, 0.3) is 10.0 Å². The van der Waals surface area contributed by atoms with E-state index in [1.165, 1.54) is 13.8 Å². The molecule has 2 rings (SSSR count). The number of amides is 2. The Kier molecular flexibility index (Phi) is 7.40. The van der Waals surface area contributed by atoms with Gasteiger partial charge in [0.05, 0.1) is 10.5 Å². The molecule has 2 aromatic rings. The second-order valence-corrected chi connectivity index (χ2v) is 10.7. The van der Waals surface area contributed by atoms with Gasteiger partial charge in [0.2, 0.25) is 0 Å². The van der Waals surface area contributed by atoms with Gasteiger partial charge in [-0.25, -0.2) is 22.3 Å². The first kappa shape index (κ1) is 25.1. The Bertz CT molecular complexity index is 1060. The molecule has 0 atom stereocenters. The highest BCUT2D eigenvalue weighted by atomic mass is 35.5. The third kappa shape index (κ3) is 6.18. The summed E-state index contributed by atoms with van der Waals surface area (Å²) >= 11 is 6.22. The molecule has 0 spiro atoms. The number of nitrogens with one attached hydrogen (secondary N) is 2. The summed E-state index contributed by atoms with van der Waals surface area (Å²) in [6.07, 6.45) is 0. The fourth-order valence-electron chi connectivity index (χ4n) is 3.10. The van der Waals surface area contributed by atoms with E-state index >= 15 is 0 Å². The van der Waals surface area contributed by atoms with Crippen molar-refractivity contribution in [2.24, 2.45) is 0 Å². The topological polar surface area (TPSA) is 95.5 Å². The fourth-order valence-corrected chi connectivity index (χ4v) is 4.29. The lowest BCUT2D eigenvalue weighted by Gasteiger charge is -2.21. The molecule has 2 amide bonds. The van der Waals surface area contributed by atoms with Crippen molar-refractivity contribution >= 4 is 33.3 Å². The molecule has 31 heavy (non-hydrogen) atoms. The van der Waals surface area contributed by atoms with Crippen molar-refractivity contribution in [3.8, 4) is 0 Å². The molecule has 170 valence electrons. The first-order chi connectivity index (χ1) is 14.1. The van der Waals surface area contributed by atoms with Gasteiger partial charge in [-0.3, -0.25) is 0 Å². The van der Waals surface area contributed by atoms with Crippen molar-refractivity contribution in [2.45, 2.75) is 63.9 Å². The largest absolute Gasteiger partial charge is 0.386 e. The first-order valence-electron chi connectivity index (χ1n) is 9.82. The van der Waals surface area contributed by atoms with Crippen LogP contribution in [-0.2, 0) is 15.6 Å². The number of rotatable bonds is 6. The third-order valence-electron chi connectivity index (χ3n) is 4.76. The van der Waals surface area contributed by atoms with Gasteiger partial charge in [0.1, 0.15) is 5.82 Å². The molecule has 0 fully saturated rings. The van der Waals surface area contributed by atoms with Gasteiger partial charge in [0.15, 0.2) is 0 Å². The minimum atomic E-state index is -4.40. The maximum absolute atomic E-state index is 14.0. The molecule has 0 bridgehead atoms. The lowest BCUT2D eigenvalue weighted by atomic mass is 9.92. The maximum atomic E-state index is 14.0. The normalized spacial score (nSPS) is 12.4. The van der Waals surface area contributed by atoms with Gasteiger partial charge in [0, 0.05) is 10.7 Å². The standard InChI is InChI=1S/C22H28ClFN2O4S/c1-12(2)18-9-15(23)10-19(13(3)4)20(18)25-21(27)26-31(29,30)17-8-14(22(5,6)28)7-16(24)11-17/h7-13,28H,1-6H3,(H2,25,26,27). The van der Waals surface area contributed by atoms with Crippen LogP contribution in [0.5, 0.6) is 0 Å². The third-order valence-corrected chi connectivity index (χ3v) is 6.29. The summed E-state index contributed by atoms with van der Waals surface area (Å²) in [5, 5.41) is 13.2. The highest BCUT2D eigenvalue weighted by molar-refractivity contribution is 7.90. The van der Waals surface area contributed by atoms with Crippen LogP contribution in [0.3, 0.4) is 0 Å². The van der Waals surface area contributed by atoms with E-state index in [0.29, 0.717) is 10.7 Å². The maximum Gasteiger partial charge on any atom is 0.333 e. The van der Waals surface area contributed by atoms with E-state index in [1.54, 1.807) is 12.1 Å². The number of benzene rings is 2. The number of anilines is 1. The Morgan fingerprint density at radius 2 is 1.55 bits per heavy atom. The first-order valence-corrected chi connectivity index (χ1v) is 11.7. The monoisotopic (exact) mass is 470 g/mol. The predicted octanol–water partition coefficient (Wildman–Crippen LogP) is 5.46. The number of urea groups is 1. The van der Waals surface area contributed by atoms with Crippen LogP contribution in [0.15, 0.2) is 35.2 Å². The molecular weight excluding hydrogens is 443 g/mol. The molecule has 0 aliphatic rings. The highest BCUT2D eigenvalue weighted by Crippen LogP contribution is 2.35. The summed E-state index contributed by atoms with van der Waals surface area (Å²) in [6.45, 7) is 10.5. The van der Waals surface area contributed by atoms with E-state index in [0.717, 1.165) is 29.3 Å². The summed E-state index contributed by atoms with van der Waals surface area (Å²) in [5.74, 6) is -0.816. The highest BCUT2D eigenvalue weighted by Gasteiger charge is 2.25. The van der Waals surface area contributed by atoms with Crippen molar-refractivity contribution in [3.05, 3.63) is 57.9 Å². The summed E-state index contributed by atoms with van der Waals surface area (Å²) in [7, 11) is -4.40. The molecule has 6 nitrogen and oxygen atoms in total. The van der Waals surface area contributed by atoms with Crippen LogP contribution in [0.4, 0.5) is 14.9 Å². The molecule has 0 aliphatic heterocycles. The zero-order chi connectivity index (χ0) is 23.7. The Balaban J connectivity index is 2.40. The number of sulfonamides is 1. The number of carbonyl (C=O) groups is 1. The van der Waals surface area contributed by atoms with Crippen LogP contribution in [-0.4, -0.2) is 19.6 Å². The zero-order valence-corrected chi connectivity index (χ0v) is 20.0. The van der Waals surface area contributed by atoms with Crippen molar-refractivity contribution in [2.75, 3.05) is 5.32 Å². The second-order valence-electron chi connectivity index (χ2n) is 8.56. The smallest absolute Gasteiger partial charge is 0.333 e. The molecule has 0 aliphatic carbocycles. The molecule has 3 N–H and O–H groups in total. The van der Waals surface area contributed by atoms with Crippen LogP contribution in [0.1, 0.15) is 70.1 Å². The van der Waals surface area contributed by atoms with Crippen molar-refractivity contribution in [1.29, 1.82) is 0 Å². The number of aliphatic hydroxyl groups is 1. The molecule has 0 heterocycles. The Hall–Kier alpha value is -2.16. The van der Waals surface area contributed by atoms with Gasteiger partial charge in [-0.1, -0.05) is 39.3 Å². The molecule has 0 saturated carbocycles. The molecule has 9 heteroatoms. The average molecular weight is 471 g/mol. The van der Waals surface area contributed by atoms with Crippen LogP contribution in [0.2, 0.25) is 5.02 Å². The van der Waals surface area contributed by atoms with E-state index < -0.39 is 32.4 Å². The fraction of sp³-hybridized carbons (Fsp3) is 0.409. The quantitative estimate of drug-likeness (QED) is 0.522. The minimum Gasteiger partial charge on any atom is -0.386 e. The van der Waals surface area contributed by atoms with Gasteiger partial charge < -0.3 is 10.4 Å². The molecule has 0 radical (unpaired) electrons. The Morgan fingerprint density at radius 1 is 1.03 bits per heavy atom. The van der Waals surface area contributed by atoms with Crippen LogP contribution < -0.4 is 10.0 Å². The van der Waals surface area contributed by atoms with Gasteiger partial charge in [-0.05, 0) is 72.7 Å². The van der Waals surface area contributed by atoms with E-state index in [9.17, 15) is 22.7 Å². The van der Waals surface area contributed by atoms with Gasteiger partial charge in [-0.2, -0.15) is 0 Å². The van der Waals surface area contributed by atoms with E-state index in [1.807, 2.05) is 32.4 Å². The van der Waals surface area contributed by atoms with E-state index in [4.69, 9.17) is 11.6 Å². The zero-order valence-electron chi connectivity index (χ0n) is 18.4. The summed E-state index contributed by atoms with van der Waals surface area (Å²) < 4.78 is 41.3. The van der Waals surface area contributed by atoms with E-state index in [-0.39, 0.29) is 17.4 Å². The molecule has 0 unspecified atom stereocenters. The average Bonchev–Trinajstić information content (AvgIpc) is 2.60. The Morgan fingerprint density at radius 3 is 2.00 bits per heavy atom. The van der Waals surface area contributed by atoms with Crippen molar-refractivity contribution < 1.29 is 22.7 Å². The van der Waals surface area contributed by atoms with Crippen molar-refractivity contribution in [1.82, 2.24) is 4.72 Å². The van der Waals surface area contributed by atoms with Crippen molar-refractivity contribution in [3.63, 3.8) is 0 Å². The summed E-state index contributed by atoms with van der Waals surface area (Å²) in [6, 6.07) is 5.41. The van der Waals surface area contributed by atoms with Crippen LogP contribution in [0.25, 0.3) is 0 Å². The Labute approximate surface area is 187 Å².